The maximum Gasteiger partial charge on any atom is 0.338 e. The first-order chi connectivity index (χ1) is 13.5. The van der Waals surface area contributed by atoms with Crippen LogP contribution in [-0.2, 0) is 14.3 Å². The van der Waals surface area contributed by atoms with E-state index in [1.165, 1.54) is 4.90 Å². The van der Waals surface area contributed by atoms with Crippen molar-refractivity contribution in [3.8, 4) is 0 Å². The highest BCUT2D eigenvalue weighted by atomic mass is 16.5. The Morgan fingerprint density at radius 1 is 1.14 bits per heavy atom. The first-order valence-corrected chi connectivity index (χ1v) is 9.08. The predicted octanol–water partition coefficient (Wildman–Crippen LogP) is 3.03. The van der Waals surface area contributed by atoms with Crippen LogP contribution in [0.4, 0.5) is 5.69 Å². The fourth-order valence-corrected chi connectivity index (χ4v) is 3.61. The topological polar surface area (TPSA) is 81.5 Å². The van der Waals surface area contributed by atoms with Crippen LogP contribution in [0, 0.1) is 6.92 Å². The van der Waals surface area contributed by atoms with Crippen LogP contribution in [0.3, 0.4) is 0 Å². The molecule has 1 saturated heterocycles. The maximum absolute atomic E-state index is 13.1. The number of aromatic nitrogens is 2. The van der Waals surface area contributed by atoms with Crippen molar-refractivity contribution in [2.45, 2.75) is 26.3 Å². The summed E-state index contributed by atoms with van der Waals surface area (Å²) in [6, 6.07) is 13.2. The number of hydrogen-bond donors (Lipinski definition) is 0. The van der Waals surface area contributed by atoms with Crippen molar-refractivity contribution in [3.63, 3.8) is 0 Å². The largest absolute Gasteiger partial charge is 0.462 e. The average molecular weight is 377 g/mol. The molecule has 4 rings (SSSR count). The van der Waals surface area contributed by atoms with E-state index in [-0.39, 0.29) is 24.8 Å². The van der Waals surface area contributed by atoms with Gasteiger partial charge in [0.05, 0.1) is 35.3 Å². The molecule has 1 aliphatic heterocycles. The molecule has 1 unspecified atom stereocenters. The lowest BCUT2D eigenvalue weighted by molar-refractivity contribution is -0.122. The van der Waals surface area contributed by atoms with Crippen LogP contribution in [-0.4, -0.2) is 33.9 Å². The van der Waals surface area contributed by atoms with Crippen molar-refractivity contribution >= 4 is 34.5 Å². The van der Waals surface area contributed by atoms with E-state index in [0.717, 1.165) is 11.0 Å². The summed E-state index contributed by atoms with van der Waals surface area (Å²) in [6.45, 7) is 3.84. The van der Waals surface area contributed by atoms with E-state index in [2.05, 4.69) is 4.98 Å². The molecule has 1 aromatic heterocycles. The number of para-hydroxylation sites is 2. The number of benzene rings is 2. The highest BCUT2D eigenvalue weighted by Crippen LogP contribution is 2.33. The Hall–Kier alpha value is -3.48. The molecule has 2 aromatic carbocycles. The molecule has 7 heteroatoms. The lowest BCUT2D eigenvalue weighted by atomic mass is 10.2. The Labute approximate surface area is 161 Å². The van der Waals surface area contributed by atoms with Crippen LogP contribution in [0.2, 0.25) is 0 Å². The Morgan fingerprint density at radius 2 is 1.86 bits per heavy atom. The number of fused-ring (bicyclic) bond motifs is 1. The van der Waals surface area contributed by atoms with Gasteiger partial charge in [-0.3, -0.25) is 9.59 Å². The van der Waals surface area contributed by atoms with Gasteiger partial charge in [0, 0.05) is 0 Å². The number of ether oxygens (including phenoxy) is 1. The number of nitrogens with zero attached hydrogens (tertiary/aromatic N) is 3. The molecule has 0 spiro atoms. The number of amides is 2. The van der Waals surface area contributed by atoms with Gasteiger partial charge >= 0.3 is 5.97 Å². The average Bonchev–Trinajstić information content (AvgIpc) is 3.17. The number of rotatable bonds is 4. The first kappa shape index (κ1) is 17.9. The second-order valence-corrected chi connectivity index (χ2v) is 6.57. The van der Waals surface area contributed by atoms with E-state index >= 15 is 0 Å². The van der Waals surface area contributed by atoms with E-state index < -0.39 is 12.0 Å². The first-order valence-electron chi connectivity index (χ1n) is 9.08. The second kappa shape index (κ2) is 6.92. The van der Waals surface area contributed by atoms with Gasteiger partial charge in [0.25, 0.3) is 5.91 Å². The lowest BCUT2D eigenvalue weighted by Gasteiger charge is -2.17. The minimum atomic E-state index is -0.635. The maximum atomic E-state index is 13.1. The summed E-state index contributed by atoms with van der Waals surface area (Å²) >= 11 is 0. The van der Waals surface area contributed by atoms with Crippen molar-refractivity contribution in [3.05, 3.63) is 59.9 Å². The number of carbonyl (C=O) groups is 3. The zero-order valence-corrected chi connectivity index (χ0v) is 15.6. The fourth-order valence-electron chi connectivity index (χ4n) is 3.61. The molecule has 1 fully saturated rings. The Bertz CT molecular complexity index is 1080. The Balaban J connectivity index is 1.66. The summed E-state index contributed by atoms with van der Waals surface area (Å²) in [5, 5.41) is 0. The molecule has 28 heavy (non-hydrogen) atoms. The van der Waals surface area contributed by atoms with Crippen LogP contribution in [0.15, 0.2) is 48.5 Å². The minimum Gasteiger partial charge on any atom is -0.462 e. The third-order valence-electron chi connectivity index (χ3n) is 4.84. The number of carbonyl (C=O) groups excluding carboxylic acids is 3. The van der Waals surface area contributed by atoms with Gasteiger partial charge in [-0.25, -0.2) is 14.7 Å². The second-order valence-electron chi connectivity index (χ2n) is 6.57. The minimum absolute atomic E-state index is 0.0691. The van der Waals surface area contributed by atoms with Gasteiger partial charge in [-0.05, 0) is 50.2 Å². The molecule has 2 amide bonds. The molecule has 2 heterocycles. The number of anilines is 1. The molecule has 1 aliphatic rings. The van der Waals surface area contributed by atoms with Crippen LogP contribution in [0.1, 0.15) is 35.6 Å². The summed E-state index contributed by atoms with van der Waals surface area (Å²) in [5.74, 6) is -0.338. The number of hydrogen-bond acceptors (Lipinski definition) is 5. The van der Waals surface area contributed by atoms with Gasteiger partial charge in [-0.15, -0.1) is 0 Å². The Morgan fingerprint density at radius 3 is 2.57 bits per heavy atom. The van der Waals surface area contributed by atoms with Crippen LogP contribution in [0.25, 0.3) is 11.0 Å². The number of imide groups is 1. The van der Waals surface area contributed by atoms with Crippen LogP contribution in [0.5, 0.6) is 0 Å². The van der Waals surface area contributed by atoms with Crippen molar-refractivity contribution in [2.24, 2.45) is 0 Å². The standard InChI is InChI=1S/C21H19N3O4/c1-3-28-21(27)14-8-10-15(11-9-14)24-19(25)12-18(20(24)26)23-13(2)22-16-6-4-5-7-17(16)23/h4-11,18H,3,12H2,1-2H3. The molecule has 1 atom stereocenters. The van der Waals surface area contributed by atoms with Crippen molar-refractivity contribution in [2.75, 3.05) is 11.5 Å². The summed E-state index contributed by atoms with van der Waals surface area (Å²) in [6.07, 6.45) is 0.0691. The summed E-state index contributed by atoms with van der Waals surface area (Å²) in [4.78, 5) is 43.2. The van der Waals surface area contributed by atoms with Gasteiger partial charge < -0.3 is 9.30 Å². The van der Waals surface area contributed by atoms with Gasteiger partial charge in [-0.1, -0.05) is 12.1 Å². The van der Waals surface area contributed by atoms with E-state index in [1.54, 1.807) is 31.2 Å². The summed E-state index contributed by atoms with van der Waals surface area (Å²) < 4.78 is 6.78. The lowest BCUT2D eigenvalue weighted by Crippen LogP contribution is -2.31. The van der Waals surface area contributed by atoms with Crippen molar-refractivity contribution < 1.29 is 19.1 Å². The number of aryl methyl sites for hydroxylation is 1. The van der Waals surface area contributed by atoms with Gasteiger partial charge in [0.1, 0.15) is 11.9 Å². The zero-order valence-electron chi connectivity index (χ0n) is 15.6. The molecule has 3 aromatic rings. The molecule has 142 valence electrons. The normalized spacial score (nSPS) is 16.8. The quantitative estimate of drug-likeness (QED) is 0.516. The molecule has 0 aliphatic carbocycles. The van der Waals surface area contributed by atoms with Crippen molar-refractivity contribution in [1.29, 1.82) is 0 Å². The predicted molar refractivity (Wildman–Crippen MR) is 103 cm³/mol. The van der Waals surface area contributed by atoms with E-state index in [1.807, 2.05) is 35.8 Å². The smallest absolute Gasteiger partial charge is 0.338 e. The molecule has 0 bridgehead atoms. The van der Waals surface area contributed by atoms with E-state index in [0.29, 0.717) is 17.1 Å². The van der Waals surface area contributed by atoms with E-state index in [9.17, 15) is 14.4 Å². The van der Waals surface area contributed by atoms with Gasteiger partial charge in [0.2, 0.25) is 5.91 Å². The monoisotopic (exact) mass is 377 g/mol. The van der Waals surface area contributed by atoms with Gasteiger partial charge in [0.15, 0.2) is 0 Å². The third-order valence-corrected chi connectivity index (χ3v) is 4.84. The molecular weight excluding hydrogens is 358 g/mol. The molecule has 0 saturated carbocycles. The molecular formula is C21H19N3O4. The number of esters is 1. The zero-order chi connectivity index (χ0) is 19.8. The third kappa shape index (κ3) is 2.85. The molecule has 7 nitrogen and oxygen atoms in total. The molecule has 0 N–H and O–H groups in total. The fraction of sp³-hybridized carbons (Fsp3) is 0.238. The summed E-state index contributed by atoms with van der Waals surface area (Å²) in [5.41, 5.74) is 2.42. The Kier molecular flexibility index (Phi) is 4.43. The van der Waals surface area contributed by atoms with E-state index in [4.69, 9.17) is 4.74 Å². The van der Waals surface area contributed by atoms with Crippen LogP contribution >= 0.6 is 0 Å². The van der Waals surface area contributed by atoms with Crippen molar-refractivity contribution in [1.82, 2.24) is 9.55 Å². The highest BCUT2D eigenvalue weighted by molar-refractivity contribution is 6.22. The highest BCUT2D eigenvalue weighted by Gasteiger charge is 2.41. The SMILES string of the molecule is CCOC(=O)c1ccc(N2C(=O)CC(n3c(C)nc4ccccc43)C2=O)cc1. The van der Waals surface area contributed by atoms with Crippen LogP contribution < -0.4 is 4.90 Å². The molecule has 0 radical (unpaired) electrons. The summed E-state index contributed by atoms with van der Waals surface area (Å²) in [7, 11) is 0. The number of imidazole rings is 1. The van der Waals surface area contributed by atoms with Gasteiger partial charge in [-0.2, -0.15) is 0 Å².